The van der Waals surface area contributed by atoms with Crippen LogP contribution in [0.5, 0.6) is 0 Å². The lowest BCUT2D eigenvalue weighted by Gasteiger charge is -2.26. The number of carbonyl (C=O) groups excluding carboxylic acids is 1. The Morgan fingerprint density at radius 1 is 1.12 bits per heavy atom. The molecule has 1 saturated carbocycles. The maximum Gasteiger partial charge on any atom is 0.225 e. The van der Waals surface area contributed by atoms with Gasteiger partial charge in [-0.25, -0.2) is 0 Å². The molecule has 0 radical (unpaired) electrons. The fourth-order valence-electron chi connectivity index (χ4n) is 3.83. The van der Waals surface area contributed by atoms with Crippen LogP contribution in [0.3, 0.4) is 0 Å². The summed E-state index contributed by atoms with van der Waals surface area (Å²) >= 11 is 0. The number of nitrogens with one attached hydrogen (secondary N) is 2. The average molecular weight is 464 g/mol. The molecule has 1 amide bonds. The zero-order valence-electron chi connectivity index (χ0n) is 16.1. The van der Waals surface area contributed by atoms with Crippen LogP contribution < -0.4 is 10.6 Å². The number of likely N-dealkylation sites (tertiary alicyclic amines) is 1. The molecule has 5 nitrogen and oxygen atoms in total. The Balaban J connectivity index is 0.00000312. The van der Waals surface area contributed by atoms with E-state index in [1.165, 1.54) is 44.9 Å². The second kappa shape index (κ2) is 12.8. The van der Waals surface area contributed by atoms with E-state index in [0.29, 0.717) is 11.9 Å². The van der Waals surface area contributed by atoms with Crippen molar-refractivity contribution in [1.82, 2.24) is 15.5 Å². The number of amides is 1. The van der Waals surface area contributed by atoms with Gasteiger partial charge in [0.25, 0.3) is 0 Å². The lowest BCUT2D eigenvalue weighted by Crippen LogP contribution is -2.45. The van der Waals surface area contributed by atoms with E-state index >= 15 is 0 Å². The highest BCUT2D eigenvalue weighted by molar-refractivity contribution is 14.0. The SMILES string of the molecule is CCCCCCNC(=NC)NC1CCN(C(=O)C2CCCCC2)C1.I. The van der Waals surface area contributed by atoms with Gasteiger partial charge in [0, 0.05) is 38.6 Å². The maximum atomic E-state index is 12.6. The molecule has 1 saturated heterocycles. The van der Waals surface area contributed by atoms with Gasteiger partial charge in [-0.2, -0.15) is 0 Å². The predicted octanol–water partition coefficient (Wildman–Crippen LogP) is 3.53. The summed E-state index contributed by atoms with van der Waals surface area (Å²) in [6.45, 7) is 4.91. The number of aliphatic imine (C=N–C) groups is 1. The van der Waals surface area contributed by atoms with E-state index in [1.807, 2.05) is 7.05 Å². The summed E-state index contributed by atoms with van der Waals surface area (Å²) in [6.07, 6.45) is 12.0. The summed E-state index contributed by atoms with van der Waals surface area (Å²) in [5.41, 5.74) is 0. The van der Waals surface area contributed by atoms with Gasteiger partial charge < -0.3 is 15.5 Å². The molecule has 1 atom stereocenters. The normalized spacial score (nSPS) is 21.8. The van der Waals surface area contributed by atoms with Crippen molar-refractivity contribution in [2.75, 3.05) is 26.7 Å². The molecule has 25 heavy (non-hydrogen) atoms. The van der Waals surface area contributed by atoms with Crippen molar-refractivity contribution < 1.29 is 4.79 Å². The maximum absolute atomic E-state index is 12.6. The molecule has 1 heterocycles. The number of halogens is 1. The van der Waals surface area contributed by atoms with Crippen molar-refractivity contribution in [3.8, 4) is 0 Å². The van der Waals surface area contributed by atoms with E-state index in [0.717, 1.165) is 44.9 Å². The lowest BCUT2D eigenvalue weighted by atomic mass is 9.88. The summed E-state index contributed by atoms with van der Waals surface area (Å²) in [5.74, 6) is 1.55. The fraction of sp³-hybridized carbons (Fsp3) is 0.895. The second-order valence-electron chi connectivity index (χ2n) is 7.31. The van der Waals surface area contributed by atoms with Crippen LogP contribution in [0.2, 0.25) is 0 Å². The highest BCUT2D eigenvalue weighted by Gasteiger charge is 2.31. The topological polar surface area (TPSA) is 56.7 Å². The minimum Gasteiger partial charge on any atom is -0.356 e. The van der Waals surface area contributed by atoms with Crippen LogP contribution in [0.1, 0.15) is 71.1 Å². The molecule has 2 fully saturated rings. The van der Waals surface area contributed by atoms with E-state index in [4.69, 9.17) is 0 Å². The van der Waals surface area contributed by atoms with Gasteiger partial charge in [-0.05, 0) is 25.7 Å². The summed E-state index contributed by atoms with van der Waals surface area (Å²) in [6, 6.07) is 0.333. The van der Waals surface area contributed by atoms with Gasteiger partial charge >= 0.3 is 0 Å². The Kier molecular flexibility index (Phi) is 11.5. The van der Waals surface area contributed by atoms with Crippen molar-refractivity contribution in [3.63, 3.8) is 0 Å². The van der Waals surface area contributed by atoms with Crippen LogP contribution in [0.4, 0.5) is 0 Å². The molecule has 0 aromatic carbocycles. The second-order valence-corrected chi connectivity index (χ2v) is 7.31. The van der Waals surface area contributed by atoms with Gasteiger partial charge in [-0.15, -0.1) is 24.0 Å². The van der Waals surface area contributed by atoms with Gasteiger partial charge in [0.2, 0.25) is 5.91 Å². The van der Waals surface area contributed by atoms with Crippen molar-refractivity contribution in [1.29, 1.82) is 0 Å². The first-order chi connectivity index (χ1) is 11.7. The van der Waals surface area contributed by atoms with Gasteiger partial charge in [0.1, 0.15) is 0 Å². The molecule has 1 unspecified atom stereocenters. The van der Waals surface area contributed by atoms with E-state index in [1.54, 1.807) is 0 Å². The van der Waals surface area contributed by atoms with Gasteiger partial charge in [0.05, 0.1) is 0 Å². The van der Waals surface area contributed by atoms with Gasteiger partial charge in [-0.1, -0.05) is 45.4 Å². The summed E-state index contributed by atoms with van der Waals surface area (Å²) in [4.78, 5) is 19.0. The van der Waals surface area contributed by atoms with Crippen LogP contribution >= 0.6 is 24.0 Å². The molecule has 0 aromatic heterocycles. The standard InChI is InChI=1S/C19H36N4O.HI/c1-3-4-5-9-13-21-19(20-2)22-17-12-14-23(15-17)18(24)16-10-7-6-8-11-16;/h16-17H,3-15H2,1-2H3,(H2,20,21,22);1H. The summed E-state index contributed by atoms with van der Waals surface area (Å²) < 4.78 is 0. The Labute approximate surface area is 170 Å². The van der Waals surface area contributed by atoms with E-state index in [-0.39, 0.29) is 29.9 Å². The molecule has 146 valence electrons. The largest absolute Gasteiger partial charge is 0.356 e. The van der Waals surface area contributed by atoms with Gasteiger partial charge in [-0.3, -0.25) is 9.79 Å². The third-order valence-corrected chi connectivity index (χ3v) is 5.34. The third kappa shape index (κ3) is 7.71. The molecule has 0 spiro atoms. The number of guanidine groups is 1. The van der Waals surface area contributed by atoms with E-state index < -0.39 is 0 Å². The number of unbranched alkanes of at least 4 members (excludes halogenated alkanes) is 3. The minimum atomic E-state index is 0. The highest BCUT2D eigenvalue weighted by Crippen LogP contribution is 2.26. The van der Waals surface area contributed by atoms with E-state index in [2.05, 4.69) is 27.4 Å². The van der Waals surface area contributed by atoms with Crippen molar-refractivity contribution in [3.05, 3.63) is 0 Å². The van der Waals surface area contributed by atoms with Crippen LogP contribution in [-0.4, -0.2) is 49.5 Å². The molecule has 0 aromatic rings. The fourth-order valence-corrected chi connectivity index (χ4v) is 3.83. The molecular formula is C19H37IN4O. The summed E-state index contributed by atoms with van der Waals surface area (Å²) in [5, 5.41) is 6.89. The number of nitrogens with zero attached hydrogens (tertiary/aromatic N) is 2. The van der Waals surface area contributed by atoms with E-state index in [9.17, 15) is 4.79 Å². The van der Waals surface area contributed by atoms with Crippen LogP contribution in [0.25, 0.3) is 0 Å². The Hall–Kier alpha value is -0.530. The Morgan fingerprint density at radius 2 is 1.88 bits per heavy atom. The number of rotatable bonds is 7. The Morgan fingerprint density at radius 3 is 2.56 bits per heavy atom. The monoisotopic (exact) mass is 464 g/mol. The molecule has 1 aliphatic heterocycles. The lowest BCUT2D eigenvalue weighted by molar-refractivity contribution is -0.135. The van der Waals surface area contributed by atoms with Crippen LogP contribution in [-0.2, 0) is 4.79 Å². The molecular weight excluding hydrogens is 427 g/mol. The van der Waals surface area contributed by atoms with Crippen molar-refractivity contribution >= 4 is 35.8 Å². The average Bonchev–Trinajstić information content (AvgIpc) is 3.09. The number of carbonyl (C=O) groups is 1. The zero-order valence-corrected chi connectivity index (χ0v) is 18.4. The molecule has 6 heteroatoms. The van der Waals surface area contributed by atoms with Crippen LogP contribution in [0.15, 0.2) is 4.99 Å². The highest BCUT2D eigenvalue weighted by atomic mass is 127. The summed E-state index contributed by atoms with van der Waals surface area (Å²) in [7, 11) is 1.82. The third-order valence-electron chi connectivity index (χ3n) is 5.34. The zero-order chi connectivity index (χ0) is 17.2. The van der Waals surface area contributed by atoms with Crippen molar-refractivity contribution in [2.45, 2.75) is 77.2 Å². The molecule has 2 aliphatic rings. The molecule has 0 bridgehead atoms. The first kappa shape index (κ1) is 22.5. The quantitative estimate of drug-likeness (QED) is 0.262. The van der Waals surface area contributed by atoms with Crippen molar-refractivity contribution in [2.24, 2.45) is 10.9 Å². The van der Waals surface area contributed by atoms with Gasteiger partial charge in [0.15, 0.2) is 5.96 Å². The first-order valence-electron chi connectivity index (χ1n) is 10.0. The Bertz CT molecular complexity index is 410. The predicted molar refractivity (Wildman–Crippen MR) is 116 cm³/mol. The number of hydrogen-bond acceptors (Lipinski definition) is 2. The molecule has 1 aliphatic carbocycles. The minimum absolute atomic E-state index is 0. The first-order valence-corrected chi connectivity index (χ1v) is 10.0. The molecule has 2 N–H and O–H groups in total. The smallest absolute Gasteiger partial charge is 0.225 e. The van der Waals surface area contributed by atoms with Crippen LogP contribution in [0, 0.1) is 5.92 Å². The molecule has 2 rings (SSSR count). The number of hydrogen-bond donors (Lipinski definition) is 2.